The molecular weight excluding hydrogens is 232 g/mol. The van der Waals surface area contributed by atoms with Crippen LogP contribution in [0.4, 0.5) is 0 Å². The smallest absolute Gasteiger partial charge is 0.0501 e. The minimum atomic E-state index is 0.174. The Morgan fingerprint density at radius 3 is 2.37 bits per heavy atom. The highest BCUT2D eigenvalue weighted by Crippen LogP contribution is 2.33. The van der Waals surface area contributed by atoms with E-state index in [9.17, 15) is 0 Å². The van der Waals surface area contributed by atoms with Gasteiger partial charge in [-0.25, -0.2) is 0 Å². The summed E-state index contributed by atoms with van der Waals surface area (Å²) in [5, 5.41) is 3.76. The monoisotopic (exact) mass is 260 g/mol. The van der Waals surface area contributed by atoms with Gasteiger partial charge in [-0.05, 0) is 58.3 Å². The maximum atomic E-state index is 3.76. The molecule has 0 aliphatic carbocycles. The third-order valence-electron chi connectivity index (χ3n) is 4.36. The molecule has 1 aromatic rings. The van der Waals surface area contributed by atoms with Crippen molar-refractivity contribution in [2.75, 3.05) is 19.6 Å². The molecule has 1 unspecified atom stereocenters. The van der Waals surface area contributed by atoms with Crippen LogP contribution in [-0.4, -0.2) is 30.1 Å². The molecule has 1 aromatic carbocycles. The van der Waals surface area contributed by atoms with E-state index >= 15 is 0 Å². The Hall–Kier alpha value is -0.860. The largest absolute Gasteiger partial charge is 0.308 e. The van der Waals surface area contributed by atoms with Crippen LogP contribution < -0.4 is 5.32 Å². The van der Waals surface area contributed by atoms with E-state index in [0.29, 0.717) is 6.04 Å². The first kappa shape index (κ1) is 14.5. The molecule has 0 aromatic heterocycles. The molecule has 0 bridgehead atoms. The Morgan fingerprint density at radius 2 is 1.79 bits per heavy atom. The Kier molecular flexibility index (Phi) is 5.00. The first-order valence-corrected chi connectivity index (χ1v) is 7.69. The predicted octanol–water partition coefficient (Wildman–Crippen LogP) is 3.60. The molecule has 1 aliphatic heterocycles. The second-order valence-corrected chi connectivity index (χ2v) is 6.15. The van der Waals surface area contributed by atoms with Crippen molar-refractivity contribution < 1.29 is 0 Å². The molecule has 1 heterocycles. The molecule has 1 saturated heterocycles. The second-order valence-electron chi connectivity index (χ2n) is 6.15. The number of hydrogen-bond acceptors (Lipinski definition) is 2. The van der Waals surface area contributed by atoms with Crippen molar-refractivity contribution in [3.05, 3.63) is 35.9 Å². The lowest BCUT2D eigenvalue weighted by Crippen LogP contribution is -2.51. The number of nitrogens with zero attached hydrogens (tertiary/aromatic N) is 1. The van der Waals surface area contributed by atoms with Crippen molar-refractivity contribution in [2.24, 2.45) is 0 Å². The Morgan fingerprint density at radius 1 is 1.16 bits per heavy atom. The molecule has 2 rings (SSSR count). The maximum absolute atomic E-state index is 3.76. The normalized spacial score (nSPS) is 18.7. The molecule has 0 saturated carbocycles. The van der Waals surface area contributed by atoms with Crippen LogP contribution >= 0.6 is 0 Å². The fourth-order valence-corrected chi connectivity index (χ4v) is 3.19. The lowest BCUT2D eigenvalue weighted by Gasteiger charge is -2.43. The molecule has 0 amide bonds. The van der Waals surface area contributed by atoms with E-state index in [1.807, 2.05) is 0 Å². The molecular formula is C17H28N2. The summed E-state index contributed by atoms with van der Waals surface area (Å²) in [6.45, 7) is 10.6. The van der Waals surface area contributed by atoms with Crippen molar-refractivity contribution in [2.45, 2.75) is 51.6 Å². The van der Waals surface area contributed by atoms with Gasteiger partial charge in [0, 0.05) is 5.54 Å². The van der Waals surface area contributed by atoms with E-state index < -0.39 is 0 Å². The van der Waals surface area contributed by atoms with Crippen molar-refractivity contribution >= 4 is 0 Å². The number of benzene rings is 1. The van der Waals surface area contributed by atoms with Crippen LogP contribution in [0.5, 0.6) is 0 Å². The minimum absolute atomic E-state index is 0.174. The average molecular weight is 260 g/mol. The van der Waals surface area contributed by atoms with Gasteiger partial charge in [0.15, 0.2) is 0 Å². The second kappa shape index (κ2) is 6.53. The van der Waals surface area contributed by atoms with Gasteiger partial charge in [-0.3, -0.25) is 4.90 Å². The first-order valence-electron chi connectivity index (χ1n) is 7.69. The Labute approximate surface area is 118 Å². The summed E-state index contributed by atoms with van der Waals surface area (Å²) in [6, 6.07) is 11.3. The average Bonchev–Trinajstić information content (AvgIpc) is 2.95. The van der Waals surface area contributed by atoms with Gasteiger partial charge in [-0.2, -0.15) is 0 Å². The number of nitrogens with one attached hydrogen (secondary N) is 1. The van der Waals surface area contributed by atoms with E-state index in [0.717, 1.165) is 6.54 Å². The summed E-state index contributed by atoms with van der Waals surface area (Å²) >= 11 is 0. The number of rotatable bonds is 6. The summed E-state index contributed by atoms with van der Waals surface area (Å²) in [7, 11) is 0. The van der Waals surface area contributed by atoms with Gasteiger partial charge in [0.1, 0.15) is 0 Å². The Bertz CT molecular complexity index is 366. The molecule has 2 heteroatoms. The topological polar surface area (TPSA) is 15.3 Å². The predicted molar refractivity (Wildman–Crippen MR) is 82.4 cm³/mol. The molecule has 106 valence electrons. The van der Waals surface area contributed by atoms with Gasteiger partial charge < -0.3 is 5.32 Å². The van der Waals surface area contributed by atoms with E-state index in [4.69, 9.17) is 0 Å². The standard InChI is InChI=1S/C17H28N2/c1-4-12-18-16(15-10-6-5-7-11-15)17(2,3)19-13-8-9-14-19/h5-7,10-11,16,18H,4,8-9,12-14H2,1-3H3. The van der Waals surface area contributed by atoms with Crippen LogP contribution in [-0.2, 0) is 0 Å². The minimum Gasteiger partial charge on any atom is -0.308 e. The summed E-state index contributed by atoms with van der Waals surface area (Å²) in [5.74, 6) is 0. The molecule has 0 radical (unpaired) electrons. The molecule has 1 fully saturated rings. The third-order valence-corrected chi connectivity index (χ3v) is 4.36. The fraction of sp³-hybridized carbons (Fsp3) is 0.647. The summed E-state index contributed by atoms with van der Waals surface area (Å²) < 4.78 is 0. The molecule has 1 N–H and O–H groups in total. The SMILES string of the molecule is CCCNC(c1ccccc1)C(C)(C)N1CCCC1. The van der Waals surface area contributed by atoms with Crippen molar-refractivity contribution in [3.8, 4) is 0 Å². The first-order chi connectivity index (χ1) is 9.16. The van der Waals surface area contributed by atoms with Gasteiger partial charge in [-0.1, -0.05) is 37.3 Å². The summed E-state index contributed by atoms with van der Waals surface area (Å²) in [5.41, 5.74) is 1.58. The van der Waals surface area contributed by atoms with E-state index in [-0.39, 0.29) is 5.54 Å². The molecule has 1 aliphatic rings. The molecule has 1 atom stereocenters. The van der Waals surface area contributed by atoms with Crippen LogP contribution in [0, 0.1) is 0 Å². The zero-order valence-electron chi connectivity index (χ0n) is 12.7. The molecule has 19 heavy (non-hydrogen) atoms. The Balaban J connectivity index is 2.20. The van der Waals surface area contributed by atoms with Crippen LogP contribution in [0.1, 0.15) is 51.6 Å². The summed E-state index contributed by atoms with van der Waals surface area (Å²) in [4.78, 5) is 2.65. The lowest BCUT2D eigenvalue weighted by atomic mass is 9.87. The highest BCUT2D eigenvalue weighted by Gasteiger charge is 2.37. The van der Waals surface area contributed by atoms with E-state index in [2.05, 4.69) is 61.3 Å². The lowest BCUT2D eigenvalue weighted by molar-refractivity contribution is 0.107. The molecule has 2 nitrogen and oxygen atoms in total. The van der Waals surface area contributed by atoms with Gasteiger partial charge in [0.2, 0.25) is 0 Å². The van der Waals surface area contributed by atoms with Crippen LogP contribution in [0.25, 0.3) is 0 Å². The van der Waals surface area contributed by atoms with Gasteiger partial charge >= 0.3 is 0 Å². The highest BCUT2D eigenvalue weighted by molar-refractivity contribution is 5.23. The number of hydrogen-bond donors (Lipinski definition) is 1. The van der Waals surface area contributed by atoms with Crippen molar-refractivity contribution in [1.82, 2.24) is 10.2 Å². The van der Waals surface area contributed by atoms with Gasteiger partial charge in [0.25, 0.3) is 0 Å². The molecule has 0 spiro atoms. The van der Waals surface area contributed by atoms with Crippen molar-refractivity contribution in [1.29, 1.82) is 0 Å². The van der Waals surface area contributed by atoms with Gasteiger partial charge in [-0.15, -0.1) is 0 Å². The highest BCUT2D eigenvalue weighted by atomic mass is 15.2. The van der Waals surface area contributed by atoms with Crippen LogP contribution in [0.2, 0.25) is 0 Å². The van der Waals surface area contributed by atoms with Crippen LogP contribution in [0.15, 0.2) is 30.3 Å². The summed E-state index contributed by atoms with van der Waals surface area (Å²) in [6.07, 6.45) is 3.87. The van der Waals surface area contributed by atoms with E-state index in [1.165, 1.54) is 37.9 Å². The third kappa shape index (κ3) is 3.37. The fourth-order valence-electron chi connectivity index (χ4n) is 3.19. The quantitative estimate of drug-likeness (QED) is 0.840. The zero-order valence-corrected chi connectivity index (χ0v) is 12.7. The maximum Gasteiger partial charge on any atom is 0.0501 e. The van der Waals surface area contributed by atoms with Gasteiger partial charge in [0.05, 0.1) is 6.04 Å². The zero-order chi connectivity index (χ0) is 13.7. The van der Waals surface area contributed by atoms with Crippen LogP contribution in [0.3, 0.4) is 0 Å². The van der Waals surface area contributed by atoms with E-state index in [1.54, 1.807) is 0 Å². The number of likely N-dealkylation sites (tertiary alicyclic amines) is 1. The van der Waals surface area contributed by atoms with Crippen molar-refractivity contribution in [3.63, 3.8) is 0 Å².